The molecule has 0 spiro atoms. The van der Waals surface area contributed by atoms with Crippen LogP contribution in [0.3, 0.4) is 0 Å². The fourth-order valence-electron chi connectivity index (χ4n) is 1.38. The van der Waals surface area contributed by atoms with Gasteiger partial charge in [-0.1, -0.05) is 11.6 Å². The van der Waals surface area contributed by atoms with Crippen LogP contribution >= 0.6 is 19.3 Å². The monoisotopic (exact) mass is 306 g/mol. The molecule has 1 saturated heterocycles. The van der Waals surface area contributed by atoms with Crippen LogP contribution in [0.4, 0.5) is 5.69 Å². The lowest BCUT2D eigenvalue weighted by atomic mass is 10.1. The Kier molecular flexibility index (Phi) is 3.82. The molecule has 0 bridgehead atoms. The Labute approximate surface area is 114 Å². The number of nitrogens with one attached hydrogen (secondary N) is 1. The molecule has 7 nitrogen and oxygen atoms in total. The summed E-state index contributed by atoms with van der Waals surface area (Å²) in [6, 6.07) is 6.44. The summed E-state index contributed by atoms with van der Waals surface area (Å²) >= 11 is 5.73. The lowest BCUT2D eigenvalue weighted by Gasteiger charge is -2.30. The van der Waals surface area contributed by atoms with E-state index in [2.05, 4.69) is 5.09 Å². The van der Waals surface area contributed by atoms with Crippen LogP contribution in [0, 0.1) is 10.1 Å². The van der Waals surface area contributed by atoms with E-state index in [4.69, 9.17) is 20.6 Å². The van der Waals surface area contributed by atoms with Crippen LogP contribution in [-0.4, -0.2) is 23.7 Å². The molecule has 1 fully saturated rings. The molecule has 9 heteroatoms. The van der Waals surface area contributed by atoms with E-state index in [1.165, 1.54) is 6.92 Å². The largest absolute Gasteiger partial charge is 0.433 e. The third-order valence-corrected chi connectivity index (χ3v) is 4.36. The van der Waals surface area contributed by atoms with Crippen LogP contribution in [-0.2, 0) is 13.6 Å². The lowest BCUT2D eigenvalue weighted by molar-refractivity contribution is -0.572. The van der Waals surface area contributed by atoms with Gasteiger partial charge in [-0.25, -0.2) is 4.57 Å². The number of hydrogen-bond acceptors (Lipinski definition) is 5. The molecule has 0 saturated carbocycles. The van der Waals surface area contributed by atoms with Gasteiger partial charge in [0.1, 0.15) is 13.2 Å². The number of nitrogens with zero attached hydrogens (tertiary/aromatic N) is 1. The van der Waals surface area contributed by atoms with E-state index in [0.717, 1.165) is 0 Å². The minimum atomic E-state index is -3.57. The van der Waals surface area contributed by atoms with Gasteiger partial charge in [0.25, 0.3) is 5.54 Å². The molecule has 0 amide bonds. The highest BCUT2D eigenvalue weighted by molar-refractivity contribution is 7.55. The average Bonchev–Trinajstić information content (AvgIpc) is 2.36. The van der Waals surface area contributed by atoms with Gasteiger partial charge in [0.05, 0.1) is 0 Å². The first kappa shape index (κ1) is 14.3. The first-order valence-corrected chi connectivity index (χ1v) is 7.33. The quantitative estimate of drug-likeness (QED) is 0.524. The van der Waals surface area contributed by atoms with Gasteiger partial charge >= 0.3 is 7.75 Å². The van der Waals surface area contributed by atoms with Crippen molar-refractivity contribution >= 4 is 25.0 Å². The number of rotatable bonds is 3. The Morgan fingerprint density at radius 3 is 2.37 bits per heavy atom. The van der Waals surface area contributed by atoms with Gasteiger partial charge in [0.15, 0.2) is 0 Å². The van der Waals surface area contributed by atoms with Crippen LogP contribution in [0.15, 0.2) is 24.3 Å². The number of anilines is 1. The van der Waals surface area contributed by atoms with E-state index in [0.29, 0.717) is 10.7 Å². The smallest absolute Gasteiger partial charge is 0.293 e. The van der Waals surface area contributed by atoms with Crippen LogP contribution in [0.1, 0.15) is 6.92 Å². The highest BCUT2D eigenvalue weighted by atomic mass is 35.5. The van der Waals surface area contributed by atoms with E-state index in [9.17, 15) is 14.7 Å². The molecule has 1 aliphatic heterocycles. The van der Waals surface area contributed by atoms with Gasteiger partial charge in [0.2, 0.25) is 0 Å². The van der Waals surface area contributed by atoms with E-state index >= 15 is 0 Å². The van der Waals surface area contributed by atoms with Crippen molar-refractivity contribution in [1.82, 2.24) is 0 Å². The van der Waals surface area contributed by atoms with Gasteiger partial charge in [-0.3, -0.25) is 24.2 Å². The third kappa shape index (κ3) is 3.25. The van der Waals surface area contributed by atoms with Crippen molar-refractivity contribution in [2.75, 3.05) is 18.3 Å². The molecular weight excluding hydrogens is 295 g/mol. The zero-order valence-corrected chi connectivity index (χ0v) is 11.7. The Morgan fingerprint density at radius 2 is 1.89 bits per heavy atom. The molecule has 1 N–H and O–H groups in total. The zero-order valence-electron chi connectivity index (χ0n) is 10.0. The van der Waals surface area contributed by atoms with Gasteiger partial charge in [-0.05, 0) is 24.3 Å². The summed E-state index contributed by atoms with van der Waals surface area (Å²) < 4.78 is 22.2. The molecule has 1 aromatic rings. The molecule has 0 radical (unpaired) electrons. The highest BCUT2D eigenvalue weighted by Crippen LogP contribution is 2.52. The lowest BCUT2D eigenvalue weighted by Crippen LogP contribution is -2.47. The van der Waals surface area contributed by atoms with E-state index in [1.807, 2.05) is 0 Å². The van der Waals surface area contributed by atoms with Gasteiger partial charge in [-0.15, -0.1) is 0 Å². The molecule has 1 aliphatic rings. The molecule has 1 heterocycles. The first-order chi connectivity index (χ1) is 8.83. The predicted molar refractivity (Wildman–Crippen MR) is 70.0 cm³/mol. The average molecular weight is 307 g/mol. The summed E-state index contributed by atoms with van der Waals surface area (Å²) in [5.41, 5.74) is -0.882. The Hall–Kier alpha value is -1.14. The SMILES string of the molecule is CC1([N+](=O)[O-])COP(=O)(Nc2ccc(Cl)cc2)OC1. The molecule has 2 rings (SSSR count). The molecule has 0 aliphatic carbocycles. The molecule has 19 heavy (non-hydrogen) atoms. The van der Waals surface area contributed by atoms with E-state index in [1.54, 1.807) is 24.3 Å². The molecule has 0 aromatic heterocycles. The second-order valence-electron chi connectivity index (χ2n) is 4.42. The van der Waals surface area contributed by atoms with Crippen LogP contribution in [0.25, 0.3) is 0 Å². The van der Waals surface area contributed by atoms with Crippen molar-refractivity contribution in [1.29, 1.82) is 0 Å². The fourth-order valence-corrected chi connectivity index (χ4v) is 3.07. The minimum Gasteiger partial charge on any atom is -0.293 e. The van der Waals surface area contributed by atoms with Crippen LogP contribution < -0.4 is 5.09 Å². The van der Waals surface area contributed by atoms with Gasteiger partial charge < -0.3 is 0 Å². The summed E-state index contributed by atoms with van der Waals surface area (Å²) in [5.74, 6) is 0. The van der Waals surface area contributed by atoms with Crippen molar-refractivity contribution in [3.8, 4) is 0 Å². The maximum Gasteiger partial charge on any atom is 0.433 e. The molecular formula is C10H12ClN2O5P. The third-order valence-electron chi connectivity index (χ3n) is 2.64. The van der Waals surface area contributed by atoms with Crippen molar-refractivity contribution in [2.45, 2.75) is 12.5 Å². The normalized spacial score (nSPS) is 30.8. The molecule has 0 atom stereocenters. The summed E-state index contributed by atoms with van der Waals surface area (Å²) in [7, 11) is -3.57. The Balaban J connectivity index is 2.04. The van der Waals surface area contributed by atoms with Gasteiger partial charge in [-0.2, -0.15) is 0 Å². The fraction of sp³-hybridized carbons (Fsp3) is 0.400. The molecule has 104 valence electrons. The topological polar surface area (TPSA) is 90.7 Å². The second-order valence-corrected chi connectivity index (χ2v) is 6.59. The number of nitro groups is 1. The zero-order chi connectivity index (χ0) is 14.1. The maximum atomic E-state index is 12.2. The van der Waals surface area contributed by atoms with E-state index in [-0.39, 0.29) is 13.2 Å². The molecule has 1 aromatic carbocycles. The summed E-state index contributed by atoms with van der Waals surface area (Å²) in [6.45, 7) is 0.814. The van der Waals surface area contributed by atoms with Crippen molar-refractivity contribution in [3.63, 3.8) is 0 Å². The standard InChI is InChI=1S/C10H12ClN2O5P/c1-10(13(14)15)6-17-19(16,18-7-10)12-9-4-2-8(11)3-5-9/h2-5H,6-7H2,1H3,(H,12,16). The van der Waals surface area contributed by atoms with E-state index < -0.39 is 18.2 Å². The highest BCUT2D eigenvalue weighted by Gasteiger charge is 2.48. The molecule has 0 unspecified atom stereocenters. The van der Waals surface area contributed by atoms with Crippen LogP contribution in [0.2, 0.25) is 5.02 Å². The number of benzene rings is 1. The number of hydrogen-bond donors (Lipinski definition) is 1. The summed E-state index contributed by atoms with van der Waals surface area (Å²) in [6.07, 6.45) is 0. The van der Waals surface area contributed by atoms with Crippen molar-refractivity contribution in [3.05, 3.63) is 39.4 Å². The van der Waals surface area contributed by atoms with Crippen molar-refractivity contribution < 1.29 is 18.5 Å². The minimum absolute atomic E-state index is 0.280. The Bertz CT molecular complexity index is 523. The summed E-state index contributed by atoms with van der Waals surface area (Å²) in [4.78, 5) is 10.3. The van der Waals surface area contributed by atoms with Gasteiger partial charge in [0, 0.05) is 22.6 Å². The maximum absolute atomic E-state index is 12.2. The Morgan fingerprint density at radius 1 is 1.37 bits per heavy atom. The second kappa shape index (κ2) is 5.09. The predicted octanol–water partition coefficient (Wildman–Crippen LogP) is 2.94. The van der Waals surface area contributed by atoms with Crippen LogP contribution in [0.5, 0.6) is 0 Å². The number of halogens is 1. The van der Waals surface area contributed by atoms with Crippen molar-refractivity contribution in [2.24, 2.45) is 0 Å². The summed E-state index contributed by atoms with van der Waals surface area (Å²) in [5, 5.41) is 13.9. The first-order valence-electron chi connectivity index (χ1n) is 5.40.